The number of aliphatic carboxylic acids is 1. The Labute approximate surface area is 87.2 Å². The van der Waals surface area contributed by atoms with Gasteiger partial charge >= 0.3 is 29.6 Å². The van der Waals surface area contributed by atoms with E-state index in [-0.39, 0.29) is 29.6 Å². The summed E-state index contributed by atoms with van der Waals surface area (Å²) in [4.78, 5) is 18.2. The Kier molecular flexibility index (Phi) is 7.93. The topological polar surface area (TPSA) is 57.2 Å². The molecule has 6 heteroatoms. The average molecular weight is 223 g/mol. The third-order valence-electron chi connectivity index (χ3n) is 0.406. The summed E-state index contributed by atoms with van der Waals surface area (Å²) in [5, 5.41) is 8.70. The van der Waals surface area contributed by atoms with Gasteiger partial charge in [0, 0.05) is 0 Å². The van der Waals surface area contributed by atoms with Crippen molar-refractivity contribution < 1.29 is 44.3 Å². The van der Waals surface area contributed by atoms with Crippen LogP contribution >= 0.6 is 27.5 Å². The van der Waals surface area contributed by atoms with Crippen molar-refractivity contribution in [2.45, 2.75) is 4.83 Å². The average Bonchev–Trinajstić information content (AvgIpc) is 1.64. The number of carbonyl (C=O) groups is 2. The largest absolute Gasteiger partial charge is 1.00 e. The van der Waals surface area contributed by atoms with Crippen molar-refractivity contribution in [3.63, 3.8) is 0 Å². The Hall–Kier alpha value is 0.910. The van der Waals surface area contributed by atoms with Gasteiger partial charge in [-0.25, -0.2) is 0 Å². The second-order valence-electron chi connectivity index (χ2n) is 0.986. The van der Waals surface area contributed by atoms with Crippen molar-refractivity contribution in [1.29, 1.82) is 0 Å². The molecule has 0 aromatic carbocycles. The summed E-state index contributed by atoms with van der Waals surface area (Å²) in [6.07, 6.45) is 0. The molecule has 0 aliphatic heterocycles. The molecule has 46 valence electrons. The van der Waals surface area contributed by atoms with E-state index >= 15 is 0 Å². The standard InChI is InChI=1S/C3H2BrClO3.Na/c4-1(2(5)6)3(7)8;/h1H,(H,7,8);/q;+1/p-1. The van der Waals surface area contributed by atoms with Gasteiger partial charge in [-0.1, -0.05) is 15.9 Å². The molecule has 0 heterocycles. The van der Waals surface area contributed by atoms with Crippen LogP contribution in [0.3, 0.4) is 0 Å². The molecular formula is C3HBrClNaO3. The van der Waals surface area contributed by atoms with E-state index in [0.29, 0.717) is 0 Å². The molecule has 0 spiro atoms. The van der Waals surface area contributed by atoms with E-state index in [0.717, 1.165) is 0 Å². The predicted octanol–water partition coefficient (Wildman–Crippen LogP) is -3.73. The number of alkyl halides is 1. The summed E-state index contributed by atoms with van der Waals surface area (Å²) in [6, 6.07) is 0. The van der Waals surface area contributed by atoms with Gasteiger partial charge in [0.05, 0.1) is 5.97 Å². The molecule has 0 aromatic rings. The fourth-order valence-corrected chi connectivity index (χ4v) is 0.182. The maximum Gasteiger partial charge on any atom is 1.00 e. The van der Waals surface area contributed by atoms with Crippen LogP contribution in [0.5, 0.6) is 0 Å². The van der Waals surface area contributed by atoms with Gasteiger partial charge < -0.3 is 9.90 Å². The fourth-order valence-electron chi connectivity index (χ4n) is 0.0927. The number of carbonyl (C=O) groups excluding carboxylic acids is 2. The van der Waals surface area contributed by atoms with E-state index < -0.39 is 16.0 Å². The molecule has 3 nitrogen and oxygen atoms in total. The Bertz CT molecular complexity index is 114. The molecule has 0 fully saturated rings. The first-order valence-corrected chi connectivity index (χ1v) is 2.89. The first-order valence-electron chi connectivity index (χ1n) is 1.60. The van der Waals surface area contributed by atoms with Crippen LogP contribution in [0.4, 0.5) is 0 Å². The summed E-state index contributed by atoms with van der Waals surface area (Å²) in [7, 11) is 0. The number of carboxylic acid groups (broad SMARTS) is 1. The normalized spacial score (nSPS) is 11.3. The smallest absolute Gasteiger partial charge is 0.548 e. The molecular weight excluding hydrogens is 222 g/mol. The second-order valence-corrected chi connectivity index (χ2v) is 2.27. The van der Waals surface area contributed by atoms with Crippen LogP contribution in [-0.2, 0) is 9.59 Å². The number of halogens is 2. The Morgan fingerprint density at radius 3 is 1.89 bits per heavy atom. The molecule has 0 aliphatic rings. The number of carboxylic acids is 1. The molecule has 0 radical (unpaired) electrons. The van der Waals surface area contributed by atoms with Crippen LogP contribution in [-0.4, -0.2) is 16.0 Å². The van der Waals surface area contributed by atoms with E-state index in [1.165, 1.54) is 0 Å². The Morgan fingerprint density at radius 1 is 1.56 bits per heavy atom. The van der Waals surface area contributed by atoms with E-state index in [4.69, 9.17) is 11.6 Å². The van der Waals surface area contributed by atoms with Crippen LogP contribution in [0.15, 0.2) is 0 Å². The monoisotopic (exact) mass is 222 g/mol. The van der Waals surface area contributed by atoms with Gasteiger partial charge in [0.25, 0.3) is 0 Å². The summed E-state index contributed by atoms with van der Waals surface area (Å²) >= 11 is 7.18. The third kappa shape index (κ3) is 5.36. The molecule has 0 N–H and O–H groups in total. The molecule has 0 bridgehead atoms. The molecule has 0 aromatic heterocycles. The van der Waals surface area contributed by atoms with Crippen LogP contribution in [0.1, 0.15) is 0 Å². The quantitative estimate of drug-likeness (QED) is 0.209. The van der Waals surface area contributed by atoms with Gasteiger partial charge in [-0.3, -0.25) is 4.79 Å². The zero-order chi connectivity index (χ0) is 6.73. The maximum absolute atomic E-state index is 9.88. The molecule has 0 amide bonds. The van der Waals surface area contributed by atoms with Crippen LogP contribution in [0.2, 0.25) is 0 Å². The van der Waals surface area contributed by atoms with Gasteiger partial charge in [0.1, 0.15) is 4.83 Å². The number of hydrogen-bond acceptors (Lipinski definition) is 3. The van der Waals surface area contributed by atoms with Crippen molar-refractivity contribution in [2.75, 3.05) is 0 Å². The second kappa shape index (κ2) is 5.68. The number of hydrogen-bond donors (Lipinski definition) is 0. The van der Waals surface area contributed by atoms with Crippen LogP contribution < -0.4 is 34.7 Å². The van der Waals surface area contributed by atoms with Gasteiger partial charge in [-0.05, 0) is 11.6 Å². The minimum atomic E-state index is -1.52. The van der Waals surface area contributed by atoms with Crippen molar-refractivity contribution in [1.82, 2.24) is 0 Å². The summed E-state index contributed by atoms with van der Waals surface area (Å²) in [5.41, 5.74) is 0. The summed E-state index contributed by atoms with van der Waals surface area (Å²) in [6.45, 7) is 0. The molecule has 1 unspecified atom stereocenters. The zero-order valence-corrected chi connectivity index (χ0v) is 8.90. The fraction of sp³-hybridized carbons (Fsp3) is 0.333. The molecule has 0 saturated carbocycles. The van der Waals surface area contributed by atoms with Gasteiger partial charge in [0.2, 0.25) is 5.24 Å². The van der Waals surface area contributed by atoms with Gasteiger partial charge in [-0.2, -0.15) is 0 Å². The Morgan fingerprint density at radius 2 is 1.89 bits per heavy atom. The Balaban J connectivity index is 0. The SMILES string of the molecule is O=C([O-])C(Br)C(=O)Cl.[Na+]. The van der Waals surface area contributed by atoms with E-state index in [2.05, 4.69) is 15.9 Å². The van der Waals surface area contributed by atoms with Crippen molar-refractivity contribution in [3.05, 3.63) is 0 Å². The van der Waals surface area contributed by atoms with Crippen LogP contribution in [0.25, 0.3) is 0 Å². The molecule has 1 atom stereocenters. The van der Waals surface area contributed by atoms with E-state index in [9.17, 15) is 14.7 Å². The van der Waals surface area contributed by atoms with Gasteiger partial charge in [-0.15, -0.1) is 0 Å². The molecule has 0 saturated heterocycles. The summed E-state index contributed by atoms with van der Waals surface area (Å²) in [5.74, 6) is -1.52. The van der Waals surface area contributed by atoms with E-state index in [1.54, 1.807) is 0 Å². The first-order chi connectivity index (χ1) is 3.55. The van der Waals surface area contributed by atoms with Crippen LogP contribution in [0, 0.1) is 0 Å². The predicted molar refractivity (Wildman–Crippen MR) is 28.6 cm³/mol. The zero-order valence-electron chi connectivity index (χ0n) is 4.56. The van der Waals surface area contributed by atoms with Crippen molar-refractivity contribution >= 4 is 38.7 Å². The molecule has 0 rings (SSSR count). The van der Waals surface area contributed by atoms with Crippen molar-refractivity contribution in [2.24, 2.45) is 0 Å². The van der Waals surface area contributed by atoms with E-state index in [1.807, 2.05) is 0 Å². The summed E-state index contributed by atoms with van der Waals surface area (Å²) < 4.78 is 0. The van der Waals surface area contributed by atoms with Crippen molar-refractivity contribution in [3.8, 4) is 0 Å². The maximum atomic E-state index is 9.88. The third-order valence-corrected chi connectivity index (χ3v) is 1.68. The minimum Gasteiger partial charge on any atom is -0.548 e. The first kappa shape index (κ1) is 12.6. The molecule has 0 aliphatic carbocycles. The number of rotatable bonds is 2. The van der Waals surface area contributed by atoms with Gasteiger partial charge in [0.15, 0.2) is 0 Å². The molecule has 9 heavy (non-hydrogen) atoms. The minimum absolute atomic E-state index is 0.